The molecule has 3 heterocycles. The van der Waals surface area contributed by atoms with Crippen molar-refractivity contribution in [3.63, 3.8) is 0 Å². The fraction of sp³-hybridized carbons (Fsp3) is 0.455. The maximum atomic E-state index is 12.7. The number of carbonyl (C=O) groups is 2. The van der Waals surface area contributed by atoms with Gasteiger partial charge in [-0.05, 0) is 55.0 Å². The van der Waals surface area contributed by atoms with Crippen LogP contribution < -0.4 is 15.1 Å². The van der Waals surface area contributed by atoms with E-state index in [4.69, 9.17) is 4.74 Å². The maximum Gasteiger partial charge on any atom is 0.279 e. The molecular weight excluding hydrogens is 386 g/mol. The van der Waals surface area contributed by atoms with E-state index in [0.29, 0.717) is 13.0 Å². The van der Waals surface area contributed by atoms with E-state index in [1.54, 1.807) is 16.2 Å². The molecule has 2 aromatic rings. The Balaban J connectivity index is 1.34. The van der Waals surface area contributed by atoms with Crippen LogP contribution in [-0.4, -0.2) is 44.2 Å². The largest absolute Gasteiger partial charge is 0.372 e. The summed E-state index contributed by atoms with van der Waals surface area (Å²) in [5.74, 6) is 0.170. The molecular formula is C22H28N3O3S+. The van der Waals surface area contributed by atoms with Gasteiger partial charge in [-0.25, -0.2) is 0 Å². The molecule has 1 unspecified atom stereocenters. The van der Waals surface area contributed by atoms with Gasteiger partial charge in [-0.15, -0.1) is 11.3 Å². The average Bonchev–Trinajstić information content (AvgIpc) is 3.46. The van der Waals surface area contributed by atoms with E-state index in [0.717, 1.165) is 56.9 Å². The second kappa shape index (κ2) is 9.52. The summed E-state index contributed by atoms with van der Waals surface area (Å²) < 4.78 is 5.79. The summed E-state index contributed by atoms with van der Waals surface area (Å²) >= 11 is 1.73. The summed E-state index contributed by atoms with van der Waals surface area (Å²) in [6.07, 6.45) is 3.95. The van der Waals surface area contributed by atoms with Gasteiger partial charge in [0.05, 0.1) is 4.88 Å². The van der Waals surface area contributed by atoms with Crippen LogP contribution in [0.25, 0.3) is 0 Å². The molecule has 2 fully saturated rings. The van der Waals surface area contributed by atoms with Gasteiger partial charge in [-0.3, -0.25) is 9.59 Å². The zero-order valence-corrected chi connectivity index (χ0v) is 17.4. The van der Waals surface area contributed by atoms with Crippen molar-refractivity contribution in [2.45, 2.75) is 38.3 Å². The van der Waals surface area contributed by atoms with Gasteiger partial charge in [-0.1, -0.05) is 6.07 Å². The second-order valence-corrected chi connectivity index (χ2v) is 8.80. The van der Waals surface area contributed by atoms with E-state index in [-0.39, 0.29) is 17.9 Å². The summed E-state index contributed by atoms with van der Waals surface area (Å²) in [6.45, 7) is 3.69. The van der Waals surface area contributed by atoms with E-state index >= 15 is 0 Å². The van der Waals surface area contributed by atoms with Gasteiger partial charge in [0.1, 0.15) is 19.2 Å². The first-order valence-corrected chi connectivity index (χ1v) is 11.2. The summed E-state index contributed by atoms with van der Waals surface area (Å²) in [7, 11) is 0. The minimum Gasteiger partial charge on any atom is -0.372 e. The van der Waals surface area contributed by atoms with Crippen molar-refractivity contribution in [2.24, 2.45) is 0 Å². The van der Waals surface area contributed by atoms with Crippen LogP contribution in [-0.2, 0) is 20.9 Å². The number of nitrogens with zero attached hydrogens (tertiary/aromatic N) is 1. The smallest absolute Gasteiger partial charge is 0.279 e. The minimum absolute atomic E-state index is 0.000415. The van der Waals surface area contributed by atoms with Crippen LogP contribution in [0.1, 0.15) is 30.6 Å². The molecule has 2 atom stereocenters. The first-order chi connectivity index (χ1) is 14.2. The second-order valence-electron chi connectivity index (χ2n) is 7.77. The number of hydrogen-bond donors (Lipinski definition) is 2. The summed E-state index contributed by atoms with van der Waals surface area (Å²) in [5, 5.41) is 5.08. The van der Waals surface area contributed by atoms with Crippen LogP contribution in [0.15, 0.2) is 41.8 Å². The molecule has 2 aliphatic rings. The number of quaternary nitrogens is 1. The van der Waals surface area contributed by atoms with Crippen LogP contribution in [0.4, 0.5) is 11.4 Å². The molecule has 2 aliphatic heterocycles. The molecule has 0 aliphatic carbocycles. The van der Waals surface area contributed by atoms with Gasteiger partial charge >= 0.3 is 0 Å². The highest BCUT2D eigenvalue weighted by molar-refractivity contribution is 7.09. The van der Waals surface area contributed by atoms with Gasteiger partial charge in [0, 0.05) is 30.9 Å². The van der Waals surface area contributed by atoms with E-state index in [1.165, 1.54) is 9.78 Å². The maximum absolute atomic E-state index is 12.7. The van der Waals surface area contributed by atoms with Crippen molar-refractivity contribution in [3.8, 4) is 0 Å². The van der Waals surface area contributed by atoms with Crippen molar-refractivity contribution in [1.82, 2.24) is 0 Å². The lowest BCUT2D eigenvalue weighted by Crippen LogP contribution is -3.12. The van der Waals surface area contributed by atoms with Crippen molar-refractivity contribution in [2.75, 3.05) is 36.5 Å². The Kier molecular flexibility index (Phi) is 6.59. The number of rotatable bonds is 8. The van der Waals surface area contributed by atoms with Gasteiger partial charge < -0.3 is 19.9 Å². The predicted octanol–water partition coefficient (Wildman–Crippen LogP) is 2.08. The van der Waals surface area contributed by atoms with Gasteiger partial charge in [0.25, 0.3) is 5.91 Å². The van der Waals surface area contributed by atoms with Gasteiger partial charge in [-0.2, -0.15) is 0 Å². The molecule has 4 rings (SSSR count). The van der Waals surface area contributed by atoms with Crippen molar-refractivity contribution < 1.29 is 19.2 Å². The number of anilines is 2. The SMILES string of the molecule is O=C(C[NH+](Cc1cccs1)C[C@H]1CCCO1)Nc1ccc(N2CCCC2=O)cc1. The van der Waals surface area contributed by atoms with Gasteiger partial charge in [0.15, 0.2) is 6.54 Å². The number of benzene rings is 1. The third-order valence-electron chi connectivity index (χ3n) is 5.49. The first kappa shape index (κ1) is 20.1. The van der Waals surface area contributed by atoms with Crippen molar-refractivity contribution in [1.29, 1.82) is 0 Å². The number of nitrogens with one attached hydrogen (secondary N) is 2. The van der Waals surface area contributed by atoms with Crippen LogP contribution in [0.3, 0.4) is 0 Å². The zero-order valence-electron chi connectivity index (χ0n) is 16.6. The standard InChI is InChI=1S/C22H27N3O3S/c26-21(23-17-7-9-18(10-8-17)25-11-1-6-22(25)27)16-24(14-19-4-2-12-28-19)15-20-5-3-13-29-20/h3,5,7-10,13,19H,1-2,4,6,11-12,14-16H2,(H,23,26)/p+1/t19-/m1/s1. The third kappa shape index (κ3) is 5.44. The molecule has 1 aromatic carbocycles. The number of amides is 2. The van der Waals surface area contributed by atoms with E-state index in [1.807, 2.05) is 24.3 Å². The topological polar surface area (TPSA) is 63.1 Å². The molecule has 7 heteroatoms. The van der Waals surface area contributed by atoms with Crippen LogP contribution in [0.5, 0.6) is 0 Å². The molecule has 0 bridgehead atoms. The van der Waals surface area contributed by atoms with Crippen molar-refractivity contribution in [3.05, 3.63) is 46.7 Å². The zero-order chi connectivity index (χ0) is 20.1. The number of ether oxygens (including phenoxy) is 1. The fourth-order valence-corrected chi connectivity index (χ4v) is 4.85. The highest BCUT2D eigenvalue weighted by Crippen LogP contribution is 2.23. The average molecular weight is 415 g/mol. The van der Waals surface area contributed by atoms with Crippen LogP contribution in [0, 0.1) is 0 Å². The molecule has 0 radical (unpaired) electrons. The Morgan fingerprint density at radius 2 is 2.10 bits per heavy atom. The molecule has 1 aromatic heterocycles. The molecule has 29 heavy (non-hydrogen) atoms. The number of thiophene rings is 1. The Labute approximate surface area is 175 Å². The lowest BCUT2D eigenvalue weighted by molar-refractivity contribution is -0.908. The monoisotopic (exact) mass is 414 g/mol. The highest BCUT2D eigenvalue weighted by atomic mass is 32.1. The lowest BCUT2D eigenvalue weighted by Gasteiger charge is -2.21. The molecule has 6 nitrogen and oxygen atoms in total. The molecule has 0 spiro atoms. The minimum atomic E-state index is -0.000415. The van der Waals surface area contributed by atoms with E-state index < -0.39 is 0 Å². The Hall–Kier alpha value is -2.22. The lowest BCUT2D eigenvalue weighted by atomic mass is 10.2. The van der Waals surface area contributed by atoms with Gasteiger partial charge in [0.2, 0.25) is 5.91 Å². The molecule has 0 saturated carbocycles. The Bertz CT molecular complexity index is 816. The molecule has 154 valence electrons. The quantitative estimate of drug-likeness (QED) is 0.695. The number of hydrogen-bond acceptors (Lipinski definition) is 4. The van der Waals surface area contributed by atoms with E-state index in [2.05, 4.69) is 22.8 Å². The summed E-state index contributed by atoms with van der Waals surface area (Å²) in [4.78, 5) is 28.9. The third-order valence-corrected chi connectivity index (χ3v) is 6.37. The summed E-state index contributed by atoms with van der Waals surface area (Å²) in [6, 6.07) is 11.7. The Morgan fingerprint density at radius 3 is 2.76 bits per heavy atom. The summed E-state index contributed by atoms with van der Waals surface area (Å²) in [5.41, 5.74) is 1.66. The van der Waals surface area contributed by atoms with Crippen LogP contribution in [0.2, 0.25) is 0 Å². The molecule has 2 amide bonds. The highest BCUT2D eigenvalue weighted by Gasteiger charge is 2.25. The molecule has 2 N–H and O–H groups in total. The van der Waals surface area contributed by atoms with Crippen LogP contribution >= 0.6 is 11.3 Å². The Morgan fingerprint density at radius 1 is 1.24 bits per heavy atom. The van der Waals surface area contributed by atoms with Crippen molar-refractivity contribution >= 4 is 34.5 Å². The fourth-order valence-electron chi connectivity index (χ4n) is 4.07. The number of carbonyl (C=O) groups excluding carboxylic acids is 2. The normalized spacial score (nSPS) is 20.2. The first-order valence-electron chi connectivity index (χ1n) is 10.4. The molecule has 2 saturated heterocycles. The van der Waals surface area contributed by atoms with E-state index in [9.17, 15) is 9.59 Å². The predicted molar refractivity (Wildman–Crippen MR) is 114 cm³/mol.